The standard InChI is InChI=1S/C9H19N3O4/c1-9(2,3)16-8(15)11-5-6(13)4-7(14)12-10/h6,13H,4-5,10H2,1-3H3,(H,11,15)(H,12,14). The van der Waals surface area contributed by atoms with Crippen LogP contribution in [-0.2, 0) is 9.53 Å². The van der Waals surface area contributed by atoms with Gasteiger partial charge in [-0.1, -0.05) is 0 Å². The predicted octanol–water partition coefficient (Wildman–Crippen LogP) is -0.748. The van der Waals surface area contributed by atoms with E-state index < -0.39 is 23.7 Å². The number of carbonyl (C=O) groups is 2. The fraction of sp³-hybridized carbons (Fsp3) is 0.778. The molecule has 0 radical (unpaired) electrons. The van der Waals surface area contributed by atoms with Gasteiger partial charge in [0, 0.05) is 6.54 Å². The highest BCUT2D eigenvalue weighted by Gasteiger charge is 2.17. The molecule has 0 heterocycles. The van der Waals surface area contributed by atoms with Gasteiger partial charge in [0.2, 0.25) is 5.91 Å². The molecule has 0 aromatic heterocycles. The zero-order chi connectivity index (χ0) is 12.8. The largest absolute Gasteiger partial charge is 0.444 e. The topological polar surface area (TPSA) is 114 Å². The number of hydrogen-bond donors (Lipinski definition) is 4. The first-order valence-corrected chi connectivity index (χ1v) is 4.89. The second-order valence-electron chi connectivity index (χ2n) is 4.31. The Balaban J connectivity index is 3.79. The van der Waals surface area contributed by atoms with Gasteiger partial charge in [0.25, 0.3) is 0 Å². The minimum absolute atomic E-state index is 0.0671. The van der Waals surface area contributed by atoms with Crippen molar-refractivity contribution in [1.82, 2.24) is 10.7 Å². The molecule has 0 aromatic rings. The summed E-state index contributed by atoms with van der Waals surface area (Å²) in [7, 11) is 0. The summed E-state index contributed by atoms with van der Waals surface area (Å²) in [4.78, 5) is 21.9. The Morgan fingerprint density at radius 2 is 2.00 bits per heavy atom. The smallest absolute Gasteiger partial charge is 0.407 e. The molecular formula is C9H19N3O4. The van der Waals surface area contributed by atoms with Crippen LogP contribution in [0.15, 0.2) is 0 Å². The van der Waals surface area contributed by atoms with Crippen molar-refractivity contribution in [2.45, 2.75) is 38.9 Å². The lowest BCUT2D eigenvalue weighted by atomic mass is 10.2. The van der Waals surface area contributed by atoms with Gasteiger partial charge in [-0.15, -0.1) is 0 Å². The van der Waals surface area contributed by atoms with Gasteiger partial charge in [0.05, 0.1) is 12.5 Å². The van der Waals surface area contributed by atoms with Crippen molar-refractivity contribution in [3.05, 3.63) is 0 Å². The molecule has 0 aromatic carbocycles. The minimum atomic E-state index is -0.990. The van der Waals surface area contributed by atoms with Gasteiger partial charge in [-0.2, -0.15) is 0 Å². The Labute approximate surface area is 94.3 Å². The van der Waals surface area contributed by atoms with Crippen molar-refractivity contribution in [1.29, 1.82) is 0 Å². The van der Waals surface area contributed by atoms with E-state index in [4.69, 9.17) is 10.6 Å². The van der Waals surface area contributed by atoms with Crippen molar-refractivity contribution < 1.29 is 19.4 Å². The lowest BCUT2D eigenvalue weighted by molar-refractivity contribution is -0.123. The molecule has 0 spiro atoms. The van der Waals surface area contributed by atoms with E-state index in [0.29, 0.717) is 0 Å². The average molecular weight is 233 g/mol. The molecule has 0 aliphatic heterocycles. The van der Waals surface area contributed by atoms with Gasteiger partial charge in [-0.05, 0) is 20.8 Å². The maximum atomic E-state index is 11.1. The monoisotopic (exact) mass is 233 g/mol. The third-order valence-electron chi connectivity index (χ3n) is 1.46. The molecule has 1 unspecified atom stereocenters. The van der Waals surface area contributed by atoms with Crippen LogP contribution >= 0.6 is 0 Å². The van der Waals surface area contributed by atoms with E-state index in [9.17, 15) is 14.7 Å². The zero-order valence-electron chi connectivity index (χ0n) is 9.74. The molecule has 7 heteroatoms. The van der Waals surface area contributed by atoms with Crippen LogP contribution in [0.25, 0.3) is 0 Å². The van der Waals surface area contributed by atoms with Crippen LogP contribution in [-0.4, -0.2) is 35.4 Å². The molecule has 94 valence electrons. The van der Waals surface area contributed by atoms with Gasteiger partial charge in [-0.3, -0.25) is 10.2 Å². The number of nitrogens with two attached hydrogens (primary N) is 1. The molecule has 0 bridgehead atoms. The summed E-state index contributed by atoms with van der Waals surface area (Å²) >= 11 is 0. The predicted molar refractivity (Wildman–Crippen MR) is 57.2 cm³/mol. The van der Waals surface area contributed by atoms with E-state index >= 15 is 0 Å². The molecule has 0 rings (SSSR count). The molecule has 0 aliphatic carbocycles. The van der Waals surface area contributed by atoms with Crippen LogP contribution in [0.2, 0.25) is 0 Å². The van der Waals surface area contributed by atoms with E-state index in [2.05, 4.69) is 5.32 Å². The number of nitrogens with one attached hydrogen (secondary N) is 2. The fourth-order valence-corrected chi connectivity index (χ4v) is 0.860. The first-order chi connectivity index (χ1) is 7.24. The van der Waals surface area contributed by atoms with Crippen LogP contribution in [0.4, 0.5) is 4.79 Å². The number of carbonyl (C=O) groups excluding carboxylic acids is 2. The summed E-state index contributed by atoms with van der Waals surface area (Å²) in [5.74, 6) is 4.34. The van der Waals surface area contributed by atoms with Crippen LogP contribution in [0, 0.1) is 0 Å². The van der Waals surface area contributed by atoms with Crippen LogP contribution in [0.5, 0.6) is 0 Å². The number of alkyl carbamates (subject to hydrolysis) is 1. The van der Waals surface area contributed by atoms with Gasteiger partial charge < -0.3 is 15.2 Å². The highest BCUT2D eigenvalue weighted by molar-refractivity contribution is 5.75. The molecule has 2 amide bonds. The third-order valence-corrected chi connectivity index (χ3v) is 1.46. The highest BCUT2D eigenvalue weighted by Crippen LogP contribution is 2.06. The Hall–Kier alpha value is -1.34. The summed E-state index contributed by atoms with van der Waals surface area (Å²) in [5, 5.41) is 11.6. The summed E-state index contributed by atoms with van der Waals surface area (Å²) < 4.78 is 4.93. The maximum absolute atomic E-state index is 11.1. The second-order valence-corrected chi connectivity index (χ2v) is 4.31. The number of amides is 2. The molecule has 1 atom stereocenters. The van der Waals surface area contributed by atoms with E-state index in [1.54, 1.807) is 20.8 Å². The minimum Gasteiger partial charge on any atom is -0.444 e. The van der Waals surface area contributed by atoms with Crippen LogP contribution in [0.1, 0.15) is 27.2 Å². The first-order valence-electron chi connectivity index (χ1n) is 4.89. The number of aliphatic hydroxyl groups excluding tert-OH is 1. The van der Waals surface area contributed by atoms with Crippen molar-refractivity contribution in [2.75, 3.05) is 6.54 Å². The van der Waals surface area contributed by atoms with E-state index in [0.717, 1.165) is 0 Å². The summed E-state index contributed by atoms with van der Waals surface area (Å²) in [6.07, 6.45) is -1.80. The lowest BCUT2D eigenvalue weighted by Crippen LogP contribution is -2.39. The SMILES string of the molecule is CC(C)(C)OC(=O)NCC(O)CC(=O)NN. The Kier molecular flexibility index (Phi) is 5.76. The second kappa shape index (κ2) is 6.29. The summed E-state index contributed by atoms with van der Waals surface area (Å²) in [6.45, 7) is 5.11. The Bertz CT molecular complexity index is 250. The van der Waals surface area contributed by atoms with Crippen molar-refractivity contribution in [3.63, 3.8) is 0 Å². The number of ether oxygens (including phenoxy) is 1. The molecule has 7 nitrogen and oxygen atoms in total. The Morgan fingerprint density at radius 3 is 2.44 bits per heavy atom. The summed E-state index contributed by atoms with van der Waals surface area (Å²) in [5.41, 5.74) is 1.29. The molecular weight excluding hydrogens is 214 g/mol. The van der Waals surface area contributed by atoms with E-state index in [-0.39, 0.29) is 13.0 Å². The fourth-order valence-electron chi connectivity index (χ4n) is 0.860. The molecule has 0 aliphatic rings. The van der Waals surface area contributed by atoms with E-state index in [1.807, 2.05) is 5.43 Å². The number of rotatable bonds is 4. The van der Waals surface area contributed by atoms with Crippen molar-refractivity contribution >= 4 is 12.0 Å². The van der Waals surface area contributed by atoms with Crippen molar-refractivity contribution in [3.8, 4) is 0 Å². The number of hydrogen-bond acceptors (Lipinski definition) is 5. The van der Waals surface area contributed by atoms with Crippen molar-refractivity contribution in [2.24, 2.45) is 5.84 Å². The number of aliphatic hydroxyl groups is 1. The normalized spacial score (nSPS) is 12.8. The van der Waals surface area contributed by atoms with Gasteiger partial charge in [-0.25, -0.2) is 10.6 Å². The zero-order valence-corrected chi connectivity index (χ0v) is 9.74. The molecule has 0 fully saturated rings. The lowest BCUT2D eigenvalue weighted by Gasteiger charge is -2.20. The van der Waals surface area contributed by atoms with Gasteiger partial charge in [0.1, 0.15) is 5.60 Å². The van der Waals surface area contributed by atoms with Crippen LogP contribution < -0.4 is 16.6 Å². The van der Waals surface area contributed by atoms with Gasteiger partial charge in [0.15, 0.2) is 0 Å². The summed E-state index contributed by atoms with van der Waals surface area (Å²) in [6, 6.07) is 0. The highest BCUT2D eigenvalue weighted by atomic mass is 16.6. The molecule has 16 heavy (non-hydrogen) atoms. The third kappa shape index (κ3) is 8.01. The molecule has 0 saturated heterocycles. The van der Waals surface area contributed by atoms with Gasteiger partial charge >= 0.3 is 6.09 Å². The number of hydrazine groups is 1. The maximum Gasteiger partial charge on any atom is 0.407 e. The Morgan fingerprint density at radius 1 is 1.44 bits per heavy atom. The van der Waals surface area contributed by atoms with E-state index in [1.165, 1.54) is 0 Å². The quantitative estimate of drug-likeness (QED) is 0.290. The van der Waals surface area contributed by atoms with Crippen LogP contribution in [0.3, 0.4) is 0 Å². The molecule has 5 N–H and O–H groups in total. The average Bonchev–Trinajstić information content (AvgIpc) is 2.12. The first kappa shape index (κ1) is 14.7. The molecule has 0 saturated carbocycles.